The fraction of sp³-hybridized carbons (Fsp3) is 0.429. The lowest BCUT2D eigenvalue weighted by atomic mass is 10.0. The Balaban J connectivity index is 1.82. The highest BCUT2D eigenvalue weighted by Crippen LogP contribution is 2.25. The second kappa shape index (κ2) is 9.21. The van der Waals surface area contributed by atoms with Gasteiger partial charge in [-0.25, -0.2) is 17.5 Å². The van der Waals surface area contributed by atoms with Crippen LogP contribution in [0.4, 0.5) is 10.1 Å². The Morgan fingerprint density at radius 3 is 2.24 bits per heavy atom. The predicted molar refractivity (Wildman–Crippen MR) is 114 cm³/mol. The van der Waals surface area contributed by atoms with Crippen molar-refractivity contribution in [3.63, 3.8) is 0 Å². The average molecular weight is 421 g/mol. The molecule has 2 aromatic carbocycles. The molecule has 158 valence electrons. The standard InChI is InChI=1S/C21H29FN4O2S/c1-24(2)18-10-8-17(9-11-18)20(26-14-12-25(3)13-15-26)16-23-29(27,28)21-7-5-4-6-19(21)22/h4-11,20,23H,12-16H2,1-3H3/t20-/m0/s1. The Kier molecular flexibility index (Phi) is 6.89. The van der Waals surface area contributed by atoms with Crippen LogP contribution in [-0.2, 0) is 10.0 Å². The Hall–Kier alpha value is -2.00. The van der Waals surface area contributed by atoms with Gasteiger partial charge >= 0.3 is 0 Å². The second-order valence-corrected chi connectivity index (χ2v) is 9.36. The Morgan fingerprint density at radius 1 is 1.03 bits per heavy atom. The van der Waals surface area contributed by atoms with E-state index in [9.17, 15) is 12.8 Å². The van der Waals surface area contributed by atoms with E-state index in [-0.39, 0.29) is 17.5 Å². The van der Waals surface area contributed by atoms with Gasteiger partial charge in [0.2, 0.25) is 10.0 Å². The molecule has 3 rings (SSSR count). The van der Waals surface area contributed by atoms with E-state index in [1.54, 1.807) is 0 Å². The maximum absolute atomic E-state index is 14.0. The molecule has 1 saturated heterocycles. The summed E-state index contributed by atoms with van der Waals surface area (Å²) < 4.78 is 42.0. The number of halogens is 1. The van der Waals surface area contributed by atoms with Gasteiger partial charge in [-0.3, -0.25) is 4.90 Å². The summed E-state index contributed by atoms with van der Waals surface area (Å²) >= 11 is 0. The van der Waals surface area contributed by atoms with E-state index in [1.807, 2.05) is 43.3 Å². The summed E-state index contributed by atoms with van der Waals surface area (Å²) in [4.78, 5) is 6.25. The molecule has 1 fully saturated rings. The lowest BCUT2D eigenvalue weighted by Gasteiger charge is -2.38. The zero-order chi connectivity index (χ0) is 21.0. The van der Waals surface area contributed by atoms with Gasteiger partial charge in [0.1, 0.15) is 10.7 Å². The van der Waals surface area contributed by atoms with E-state index in [1.165, 1.54) is 18.2 Å². The van der Waals surface area contributed by atoms with Crippen molar-refractivity contribution in [3.05, 3.63) is 59.9 Å². The number of rotatable bonds is 7. The molecule has 0 aromatic heterocycles. The number of anilines is 1. The zero-order valence-electron chi connectivity index (χ0n) is 17.2. The number of nitrogens with zero attached hydrogens (tertiary/aromatic N) is 3. The molecule has 1 heterocycles. The van der Waals surface area contributed by atoms with Crippen LogP contribution in [0.25, 0.3) is 0 Å². The largest absolute Gasteiger partial charge is 0.378 e. The molecule has 1 N–H and O–H groups in total. The van der Waals surface area contributed by atoms with Crippen LogP contribution in [0.5, 0.6) is 0 Å². The molecule has 1 aliphatic heterocycles. The number of nitrogens with one attached hydrogen (secondary N) is 1. The lowest BCUT2D eigenvalue weighted by molar-refractivity contribution is 0.113. The number of hydrogen-bond acceptors (Lipinski definition) is 5. The molecular weight excluding hydrogens is 391 g/mol. The molecule has 6 nitrogen and oxygen atoms in total. The quantitative estimate of drug-likeness (QED) is 0.744. The number of sulfonamides is 1. The molecule has 0 spiro atoms. The van der Waals surface area contributed by atoms with Crippen LogP contribution in [0, 0.1) is 5.82 Å². The van der Waals surface area contributed by atoms with Gasteiger partial charge in [0.05, 0.1) is 0 Å². The van der Waals surface area contributed by atoms with Gasteiger partial charge in [-0.1, -0.05) is 24.3 Å². The van der Waals surface area contributed by atoms with Crippen LogP contribution in [0.15, 0.2) is 53.4 Å². The summed E-state index contributed by atoms with van der Waals surface area (Å²) in [5.74, 6) is -0.744. The molecule has 1 aliphatic rings. The highest BCUT2D eigenvalue weighted by atomic mass is 32.2. The van der Waals surface area contributed by atoms with Crippen LogP contribution in [-0.4, -0.2) is 72.1 Å². The van der Waals surface area contributed by atoms with E-state index >= 15 is 0 Å². The molecule has 2 aromatic rings. The van der Waals surface area contributed by atoms with Crippen molar-refractivity contribution >= 4 is 15.7 Å². The maximum Gasteiger partial charge on any atom is 0.243 e. The Labute approximate surface area is 173 Å². The van der Waals surface area contributed by atoms with Crippen molar-refractivity contribution in [2.45, 2.75) is 10.9 Å². The van der Waals surface area contributed by atoms with Gasteiger partial charge in [0, 0.05) is 58.5 Å². The van der Waals surface area contributed by atoms with Crippen molar-refractivity contribution in [1.29, 1.82) is 0 Å². The van der Waals surface area contributed by atoms with E-state index in [0.717, 1.165) is 43.5 Å². The smallest absolute Gasteiger partial charge is 0.243 e. The van der Waals surface area contributed by atoms with E-state index in [4.69, 9.17) is 0 Å². The molecule has 0 radical (unpaired) electrons. The van der Waals surface area contributed by atoms with E-state index in [0.29, 0.717) is 0 Å². The van der Waals surface area contributed by atoms with Gasteiger partial charge in [0.15, 0.2) is 0 Å². The summed E-state index contributed by atoms with van der Waals surface area (Å²) in [6.07, 6.45) is 0. The molecule has 29 heavy (non-hydrogen) atoms. The summed E-state index contributed by atoms with van der Waals surface area (Å²) in [6, 6.07) is 13.5. The minimum atomic E-state index is -3.94. The van der Waals surface area contributed by atoms with Gasteiger partial charge in [-0.15, -0.1) is 0 Å². The summed E-state index contributed by atoms with van der Waals surface area (Å²) in [5, 5.41) is 0. The summed E-state index contributed by atoms with van der Waals surface area (Å²) in [7, 11) is 2.11. The first kappa shape index (κ1) is 21.7. The molecule has 8 heteroatoms. The highest BCUT2D eigenvalue weighted by molar-refractivity contribution is 7.89. The summed E-state index contributed by atoms with van der Waals surface area (Å²) in [5.41, 5.74) is 2.12. The maximum atomic E-state index is 14.0. The van der Waals surface area contributed by atoms with Gasteiger partial charge < -0.3 is 9.80 Å². The first-order chi connectivity index (χ1) is 13.8. The SMILES string of the molecule is CN1CCN([C@@H](CNS(=O)(=O)c2ccccc2F)c2ccc(N(C)C)cc2)CC1. The van der Waals surface area contributed by atoms with Crippen molar-refractivity contribution in [1.82, 2.24) is 14.5 Å². The van der Waals surface area contributed by atoms with Gasteiger partial charge in [0.25, 0.3) is 0 Å². The molecule has 0 saturated carbocycles. The number of hydrogen-bond donors (Lipinski definition) is 1. The van der Waals surface area contributed by atoms with Crippen LogP contribution in [0.3, 0.4) is 0 Å². The van der Waals surface area contributed by atoms with Crippen molar-refractivity contribution in [3.8, 4) is 0 Å². The number of likely N-dealkylation sites (N-methyl/N-ethyl adjacent to an activating group) is 1. The molecule has 0 unspecified atom stereocenters. The minimum Gasteiger partial charge on any atom is -0.378 e. The predicted octanol–water partition coefficient (Wildman–Crippen LogP) is 2.16. The molecule has 0 bridgehead atoms. The van der Waals surface area contributed by atoms with Crippen LogP contribution in [0.1, 0.15) is 11.6 Å². The minimum absolute atomic E-state index is 0.124. The molecule has 1 atom stereocenters. The number of benzene rings is 2. The van der Waals surface area contributed by atoms with Crippen molar-refractivity contribution in [2.24, 2.45) is 0 Å². The fourth-order valence-electron chi connectivity index (χ4n) is 3.52. The Morgan fingerprint density at radius 2 is 1.66 bits per heavy atom. The normalized spacial score (nSPS) is 17.2. The summed E-state index contributed by atoms with van der Waals surface area (Å²) in [6.45, 7) is 3.72. The third kappa shape index (κ3) is 5.33. The first-order valence-corrected chi connectivity index (χ1v) is 11.2. The van der Waals surface area contributed by atoms with Crippen molar-refractivity contribution in [2.75, 3.05) is 58.8 Å². The van der Waals surface area contributed by atoms with E-state index < -0.39 is 15.8 Å². The Bertz CT molecular complexity index is 911. The van der Waals surface area contributed by atoms with Gasteiger partial charge in [-0.05, 0) is 36.9 Å². The lowest BCUT2D eigenvalue weighted by Crippen LogP contribution is -2.48. The molecule has 0 amide bonds. The van der Waals surface area contributed by atoms with Crippen LogP contribution >= 0.6 is 0 Å². The van der Waals surface area contributed by atoms with Crippen LogP contribution < -0.4 is 9.62 Å². The first-order valence-electron chi connectivity index (χ1n) is 9.72. The topological polar surface area (TPSA) is 55.9 Å². The van der Waals surface area contributed by atoms with Crippen LogP contribution in [0.2, 0.25) is 0 Å². The third-order valence-corrected chi connectivity index (χ3v) is 6.82. The second-order valence-electron chi connectivity index (χ2n) is 7.62. The zero-order valence-corrected chi connectivity index (χ0v) is 18.0. The van der Waals surface area contributed by atoms with Gasteiger partial charge in [-0.2, -0.15) is 0 Å². The van der Waals surface area contributed by atoms with E-state index in [2.05, 4.69) is 21.6 Å². The fourth-order valence-corrected chi connectivity index (χ4v) is 4.63. The number of piperazine rings is 1. The third-order valence-electron chi connectivity index (χ3n) is 5.37. The molecule has 0 aliphatic carbocycles. The monoisotopic (exact) mass is 420 g/mol. The van der Waals surface area contributed by atoms with Crippen molar-refractivity contribution < 1.29 is 12.8 Å². The average Bonchev–Trinajstić information content (AvgIpc) is 2.70. The molecular formula is C21H29FN4O2S. The highest BCUT2D eigenvalue weighted by Gasteiger charge is 2.27.